The third-order valence-electron chi connectivity index (χ3n) is 7.20. The van der Waals surface area contributed by atoms with Gasteiger partial charge in [0.05, 0.1) is 0 Å². The van der Waals surface area contributed by atoms with Gasteiger partial charge < -0.3 is 5.11 Å². The zero-order valence-electron chi connectivity index (χ0n) is 19.3. The smallest absolute Gasteiger partial charge is 0.142 e. The van der Waals surface area contributed by atoms with E-state index in [-0.39, 0.29) is 0 Å². The Hall–Kier alpha value is -3.50. The van der Waals surface area contributed by atoms with Gasteiger partial charge in [-0.25, -0.2) is 0 Å². The molecule has 0 fully saturated rings. The van der Waals surface area contributed by atoms with Crippen LogP contribution in [0.2, 0.25) is 0 Å². The Morgan fingerprint density at radius 3 is 2.17 bits per heavy atom. The van der Waals surface area contributed by atoms with Crippen LogP contribution in [0.3, 0.4) is 0 Å². The first kappa shape index (κ1) is 21.8. The molecule has 1 atom stereocenters. The van der Waals surface area contributed by atoms with E-state index in [4.69, 9.17) is 0 Å². The molecule has 7 rings (SSSR count). The molecule has 6 aromatic rings. The number of hydrogen-bond donors (Lipinski definition) is 1. The van der Waals surface area contributed by atoms with E-state index in [1.807, 2.05) is 47.7 Å². The first-order valence-corrected chi connectivity index (χ1v) is 13.5. The first-order chi connectivity index (χ1) is 17.6. The Morgan fingerprint density at radius 1 is 0.583 bits per heavy atom. The molecule has 0 saturated carbocycles. The Balaban J connectivity index is 1.53. The zero-order chi connectivity index (χ0) is 24.3. The molecule has 3 heteroatoms. The summed E-state index contributed by atoms with van der Waals surface area (Å²) in [5, 5.41) is 15.4. The quantitative estimate of drug-likeness (QED) is 0.230. The number of benzene rings is 5. The van der Waals surface area contributed by atoms with Crippen molar-refractivity contribution in [3.05, 3.63) is 141 Å². The van der Waals surface area contributed by atoms with E-state index in [1.165, 1.54) is 20.2 Å². The van der Waals surface area contributed by atoms with Gasteiger partial charge in [0.2, 0.25) is 0 Å². The highest BCUT2D eigenvalue weighted by Gasteiger charge is 2.39. The summed E-state index contributed by atoms with van der Waals surface area (Å²) in [6, 6.07) is 37.8. The fourth-order valence-electron chi connectivity index (χ4n) is 5.52. The van der Waals surface area contributed by atoms with E-state index in [2.05, 4.69) is 101 Å². The van der Waals surface area contributed by atoms with Crippen LogP contribution < -0.4 is 0 Å². The van der Waals surface area contributed by atoms with Crippen molar-refractivity contribution >= 4 is 59.6 Å². The van der Waals surface area contributed by atoms with Crippen molar-refractivity contribution in [3.8, 4) is 11.1 Å². The fourth-order valence-corrected chi connectivity index (χ4v) is 6.97. The summed E-state index contributed by atoms with van der Waals surface area (Å²) in [6.45, 7) is 0. The summed E-state index contributed by atoms with van der Waals surface area (Å²) < 4.78 is 3.50. The predicted molar refractivity (Wildman–Crippen MR) is 156 cm³/mol. The van der Waals surface area contributed by atoms with Gasteiger partial charge in [-0.05, 0) is 58.1 Å². The molecule has 172 valence electrons. The summed E-state index contributed by atoms with van der Waals surface area (Å²) in [7, 11) is 0. The maximum absolute atomic E-state index is 12.9. The molecule has 0 amide bonds. The second-order valence-corrected chi connectivity index (χ2v) is 11.2. The molecule has 0 spiro atoms. The first-order valence-electron chi connectivity index (χ1n) is 11.9. The van der Waals surface area contributed by atoms with Crippen molar-refractivity contribution in [1.82, 2.24) is 0 Å². The number of thiophene rings is 1. The molecule has 0 aliphatic heterocycles. The second-order valence-electron chi connectivity index (χ2n) is 9.22. The van der Waals surface area contributed by atoms with Gasteiger partial charge in [-0.3, -0.25) is 0 Å². The molecule has 5 aromatic carbocycles. The number of halogens is 1. The van der Waals surface area contributed by atoms with Gasteiger partial charge in [0, 0.05) is 35.8 Å². The average Bonchev–Trinajstić information content (AvgIpc) is 3.24. The largest absolute Gasteiger partial charge is 0.376 e. The maximum atomic E-state index is 12.9. The molecule has 1 aliphatic rings. The summed E-state index contributed by atoms with van der Waals surface area (Å²) in [6.07, 6.45) is 4.21. The van der Waals surface area contributed by atoms with Crippen LogP contribution in [-0.4, -0.2) is 5.11 Å². The lowest BCUT2D eigenvalue weighted by Crippen LogP contribution is -2.31. The van der Waals surface area contributed by atoms with E-state index < -0.39 is 5.60 Å². The van der Waals surface area contributed by atoms with Crippen LogP contribution >= 0.6 is 27.3 Å². The molecule has 0 radical (unpaired) electrons. The van der Waals surface area contributed by atoms with Gasteiger partial charge in [-0.1, -0.05) is 107 Å². The zero-order valence-corrected chi connectivity index (χ0v) is 21.7. The van der Waals surface area contributed by atoms with Crippen LogP contribution in [0.5, 0.6) is 0 Å². The predicted octanol–water partition coefficient (Wildman–Crippen LogP) is 9.25. The van der Waals surface area contributed by atoms with Crippen molar-refractivity contribution < 1.29 is 5.11 Å². The molecule has 1 aliphatic carbocycles. The minimum atomic E-state index is -1.33. The van der Waals surface area contributed by atoms with Crippen LogP contribution in [-0.2, 0) is 5.60 Å². The molecule has 1 aromatic heterocycles. The monoisotopic (exact) mass is 544 g/mol. The standard InChI is InChI=1S/C33H21BrOS/c34-24-17-15-22-14-13-21-7-1-4-10-28(21)33(35,30(22)20-24)29-11-5-2-8-25(29)23-16-18-32-27(19-23)26-9-3-6-12-31(26)36-32/h1-20,35H. The van der Waals surface area contributed by atoms with Crippen LogP contribution in [0.1, 0.15) is 27.8 Å². The Morgan fingerprint density at radius 2 is 1.28 bits per heavy atom. The van der Waals surface area contributed by atoms with Crippen molar-refractivity contribution in [3.63, 3.8) is 0 Å². The van der Waals surface area contributed by atoms with Crippen LogP contribution in [0, 0.1) is 0 Å². The van der Waals surface area contributed by atoms with E-state index in [0.717, 1.165) is 43.4 Å². The molecule has 1 unspecified atom stereocenters. The number of rotatable bonds is 2. The number of aliphatic hydroxyl groups is 1. The molecule has 36 heavy (non-hydrogen) atoms. The lowest BCUT2D eigenvalue weighted by molar-refractivity contribution is 0.126. The molecule has 1 heterocycles. The van der Waals surface area contributed by atoms with Gasteiger partial charge in [0.15, 0.2) is 0 Å². The van der Waals surface area contributed by atoms with Crippen LogP contribution in [0.15, 0.2) is 114 Å². The van der Waals surface area contributed by atoms with Gasteiger partial charge in [-0.2, -0.15) is 0 Å². The number of fused-ring (bicyclic) bond motifs is 5. The lowest BCUT2D eigenvalue weighted by atomic mass is 9.75. The summed E-state index contributed by atoms with van der Waals surface area (Å²) >= 11 is 5.48. The van der Waals surface area contributed by atoms with Gasteiger partial charge >= 0.3 is 0 Å². The van der Waals surface area contributed by atoms with Gasteiger partial charge in [0.1, 0.15) is 5.60 Å². The van der Waals surface area contributed by atoms with Crippen LogP contribution in [0.4, 0.5) is 0 Å². The summed E-state index contributed by atoms with van der Waals surface area (Å²) in [4.78, 5) is 0. The van der Waals surface area contributed by atoms with Gasteiger partial charge in [-0.15, -0.1) is 11.3 Å². The Bertz CT molecular complexity index is 1830. The van der Waals surface area contributed by atoms with E-state index in [9.17, 15) is 5.11 Å². The number of hydrogen-bond acceptors (Lipinski definition) is 2. The lowest BCUT2D eigenvalue weighted by Gasteiger charge is -2.33. The van der Waals surface area contributed by atoms with Gasteiger partial charge in [0.25, 0.3) is 0 Å². The summed E-state index contributed by atoms with van der Waals surface area (Å²) in [5.74, 6) is 0. The van der Waals surface area contributed by atoms with Crippen molar-refractivity contribution in [2.75, 3.05) is 0 Å². The topological polar surface area (TPSA) is 20.2 Å². The van der Waals surface area contributed by atoms with E-state index >= 15 is 0 Å². The van der Waals surface area contributed by atoms with E-state index in [0.29, 0.717) is 0 Å². The van der Waals surface area contributed by atoms with Crippen molar-refractivity contribution in [2.45, 2.75) is 5.60 Å². The molecule has 0 saturated heterocycles. The Kier molecular flexibility index (Phi) is 5.00. The fraction of sp³-hybridized carbons (Fsp3) is 0.0303. The average molecular weight is 546 g/mol. The van der Waals surface area contributed by atoms with Crippen molar-refractivity contribution in [1.29, 1.82) is 0 Å². The molecular weight excluding hydrogens is 524 g/mol. The normalized spacial score (nSPS) is 16.6. The maximum Gasteiger partial charge on any atom is 0.142 e. The minimum absolute atomic E-state index is 0.868. The summed E-state index contributed by atoms with van der Waals surface area (Å²) in [5.41, 5.74) is 5.44. The second kappa shape index (κ2) is 8.28. The highest BCUT2D eigenvalue weighted by atomic mass is 79.9. The SMILES string of the molecule is OC1(c2ccccc2-c2ccc3sc4ccccc4c3c2)c2ccccc2C=Cc2ccc(Br)cc21. The highest BCUT2D eigenvalue weighted by Crippen LogP contribution is 2.47. The van der Waals surface area contributed by atoms with Crippen molar-refractivity contribution in [2.24, 2.45) is 0 Å². The van der Waals surface area contributed by atoms with E-state index in [1.54, 1.807) is 0 Å². The minimum Gasteiger partial charge on any atom is -0.376 e. The Labute approximate surface area is 222 Å². The molecule has 0 bridgehead atoms. The molecule has 1 N–H and O–H groups in total. The third-order valence-corrected chi connectivity index (χ3v) is 8.85. The highest BCUT2D eigenvalue weighted by molar-refractivity contribution is 9.10. The molecule has 1 nitrogen and oxygen atoms in total. The third kappa shape index (κ3) is 3.24. The van der Waals surface area contributed by atoms with Crippen LogP contribution in [0.25, 0.3) is 43.5 Å². The molecular formula is C33H21BrOS.